The first-order chi connectivity index (χ1) is 10.1. The number of nitrogens with zero attached hydrogens (tertiary/aromatic N) is 2. The molecule has 0 unspecified atom stereocenters. The molecule has 0 aliphatic carbocycles. The number of hydrogen-bond donors (Lipinski definition) is 2. The summed E-state index contributed by atoms with van der Waals surface area (Å²) in [4.78, 5) is 15.6. The Morgan fingerprint density at radius 2 is 2.10 bits per heavy atom. The zero-order valence-electron chi connectivity index (χ0n) is 11.4. The molecule has 0 aliphatic rings. The molecule has 21 heavy (non-hydrogen) atoms. The van der Waals surface area contributed by atoms with E-state index in [1.165, 1.54) is 17.0 Å². The van der Waals surface area contributed by atoms with Crippen LogP contribution in [0.3, 0.4) is 0 Å². The van der Waals surface area contributed by atoms with Crippen molar-refractivity contribution in [1.82, 2.24) is 5.32 Å². The summed E-state index contributed by atoms with van der Waals surface area (Å²) in [5.41, 5.74) is 6.73. The molecule has 0 spiro atoms. The minimum absolute atomic E-state index is 0.0739. The predicted molar refractivity (Wildman–Crippen MR) is 84.4 cm³/mol. The highest BCUT2D eigenvalue weighted by Gasteiger charge is 2.03. The van der Waals surface area contributed by atoms with Crippen molar-refractivity contribution in [3.8, 4) is 0 Å². The Kier molecular flexibility index (Phi) is 5.28. The quantitative estimate of drug-likeness (QED) is 0.370. The second-order valence-electron chi connectivity index (χ2n) is 4.38. The van der Waals surface area contributed by atoms with Gasteiger partial charge in [-0.1, -0.05) is 18.2 Å². The Bertz CT molecular complexity index is 608. The van der Waals surface area contributed by atoms with Gasteiger partial charge in [0.15, 0.2) is 5.96 Å². The summed E-state index contributed by atoms with van der Waals surface area (Å²) in [5, 5.41) is 15.6. The van der Waals surface area contributed by atoms with Gasteiger partial charge in [0.1, 0.15) is 0 Å². The van der Waals surface area contributed by atoms with Gasteiger partial charge in [-0.2, -0.15) is 0 Å². The maximum Gasteiger partial charge on any atom is 0.269 e. The molecule has 6 nitrogen and oxygen atoms in total. The summed E-state index contributed by atoms with van der Waals surface area (Å²) >= 11 is 1.71. The second-order valence-corrected chi connectivity index (χ2v) is 5.41. The normalized spacial score (nSPS) is 11.3. The van der Waals surface area contributed by atoms with Gasteiger partial charge in [-0.25, -0.2) is 4.99 Å². The molecule has 110 valence electrons. The summed E-state index contributed by atoms with van der Waals surface area (Å²) in [5.74, 6) is 0.380. The highest BCUT2D eigenvalue weighted by molar-refractivity contribution is 7.09. The Morgan fingerprint density at radius 1 is 1.33 bits per heavy atom. The number of aliphatic imine (C=N–C) groups is 1. The van der Waals surface area contributed by atoms with E-state index < -0.39 is 4.92 Å². The molecule has 2 rings (SSSR count). The molecule has 1 aromatic heterocycles. The molecule has 3 N–H and O–H groups in total. The summed E-state index contributed by atoms with van der Waals surface area (Å²) < 4.78 is 0. The molecule has 0 fully saturated rings. The maximum absolute atomic E-state index is 10.5. The van der Waals surface area contributed by atoms with Gasteiger partial charge in [0, 0.05) is 23.6 Å². The largest absolute Gasteiger partial charge is 0.370 e. The number of nitrogens with one attached hydrogen (secondary N) is 1. The monoisotopic (exact) mass is 304 g/mol. The highest BCUT2D eigenvalue weighted by Crippen LogP contribution is 2.12. The smallest absolute Gasteiger partial charge is 0.269 e. The topological polar surface area (TPSA) is 93.5 Å². The van der Waals surface area contributed by atoms with Crippen molar-refractivity contribution in [3.63, 3.8) is 0 Å². The Labute approximate surface area is 126 Å². The third kappa shape index (κ3) is 4.88. The van der Waals surface area contributed by atoms with Crippen molar-refractivity contribution >= 4 is 23.0 Å². The molecule has 0 bridgehead atoms. The lowest BCUT2D eigenvalue weighted by atomic mass is 10.2. The summed E-state index contributed by atoms with van der Waals surface area (Å²) in [6.07, 6.45) is 0.908. The van der Waals surface area contributed by atoms with E-state index in [-0.39, 0.29) is 5.69 Å². The van der Waals surface area contributed by atoms with Gasteiger partial charge in [-0.3, -0.25) is 10.1 Å². The molecule has 1 heterocycles. The van der Waals surface area contributed by atoms with Crippen LogP contribution in [0.1, 0.15) is 10.4 Å². The number of nitro benzene ring substituents is 1. The molecule has 2 aromatic rings. The number of hydrogen-bond acceptors (Lipinski definition) is 4. The van der Waals surface area contributed by atoms with E-state index in [1.54, 1.807) is 23.5 Å². The van der Waals surface area contributed by atoms with E-state index in [2.05, 4.69) is 16.4 Å². The first kappa shape index (κ1) is 15.0. The van der Waals surface area contributed by atoms with Crippen molar-refractivity contribution in [3.05, 3.63) is 62.3 Å². The van der Waals surface area contributed by atoms with E-state index >= 15 is 0 Å². The number of non-ortho nitro benzene ring substituents is 1. The van der Waals surface area contributed by atoms with Crippen LogP contribution in [0.25, 0.3) is 0 Å². The van der Waals surface area contributed by atoms with E-state index in [0.717, 1.165) is 18.5 Å². The first-order valence-corrected chi connectivity index (χ1v) is 7.32. The number of nitro groups is 1. The predicted octanol–water partition coefficient (Wildman–Crippen LogP) is 2.30. The molecule has 0 amide bonds. The van der Waals surface area contributed by atoms with Crippen molar-refractivity contribution < 1.29 is 4.92 Å². The van der Waals surface area contributed by atoms with Crippen LogP contribution in [-0.2, 0) is 13.0 Å². The van der Waals surface area contributed by atoms with Gasteiger partial charge in [-0.15, -0.1) is 11.3 Å². The maximum atomic E-state index is 10.5. The summed E-state index contributed by atoms with van der Waals surface area (Å²) in [7, 11) is 0. The SMILES string of the molecule is NC(=NCc1ccc([N+](=O)[O-])cc1)NCCc1cccs1. The molecule has 0 aliphatic heterocycles. The molecular weight excluding hydrogens is 288 g/mol. The van der Waals surface area contributed by atoms with Crippen molar-refractivity contribution in [1.29, 1.82) is 0 Å². The van der Waals surface area contributed by atoms with Gasteiger partial charge in [0.05, 0.1) is 11.5 Å². The van der Waals surface area contributed by atoms with Gasteiger partial charge in [0.2, 0.25) is 0 Å². The van der Waals surface area contributed by atoms with Crippen LogP contribution in [0.15, 0.2) is 46.8 Å². The molecular formula is C14H16N4O2S. The standard InChI is InChI=1S/C14H16N4O2S/c15-14(16-8-7-13-2-1-9-21-13)17-10-11-3-5-12(6-4-11)18(19)20/h1-6,9H,7-8,10H2,(H3,15,16,17). The number of benzene rings is 1. The third-order valence-corrected chi connectivity index (χ3v) is 3.77. The van der Waals surface area contributed by atoms with E-state index in [0.29, 0.717) is 12.5 Å². The zero-order chi connectivity index (χ0) is 15.1. The van der Waals surface area contributed by atoms with Crippen LogP contribution in [0.2, 0.25) is 0 Å². The molecule has 0 saturated carbocycles. The van der Waals surface area contributed by atoms with Crippen molar-refractivity contribution in [2.45, 2.75) is 13.0 Å². The Morgan fingerprint density at radius 3 is 2.71 bits per heavy atom. The number of nitrogens with two attached hydrogens (primary N) is 1. The van der Waals surface area contributed by atoms with E-state index in [1.807, 2.05) is 11.4 Å². The van der Waals surface area contributed by atoms with E-state index in [9.17, 15) is 10.1 Å². The number of guanidine groups is 1. The molecule has 0 saturated heterocycles. The summed E-state index contributed by atoms with van der Waals surface area (Å²) in [6.45, 7) is 1.13. The average Bonchev–Trinajstić information content (AvgIpc) is 2.99. The van der Waals surface area contributed by atoms with Crippen LogP contribution in [0.4, 0.5) is 5.69 Å². The molecule has 7 heteroatoms. The van der Waals surface area contributed by atoms with Gasteiger partial charge in [-0.05, 0) is 23.4 Å². The van der Waals surface area contributed by atoms with Crippen LogP contribution >= 0.6 is 11.3 Å². The number of rotatable bonds is 6. The van der Waals surface area contributed by atoms with Crippen LogP contribution < -0.4 is 11.1 Å². The van der Waals surface area contributed by atoms with Crippen LogP contribution in [0, 0.1) is 10.1 Å². The molecule has 0 atom stereocenters. The fraction of sp³-hybridized carbons (Fsp3) is 0.214. The first-order valence-electron chi connectivity index (χ1n) is 6.44. The second kappa shape index (κ2) is 7.39. The van der Waals surface area contributed by atoms with E-state index in [4.69, 9.17) is 5.73 Å². The van der Waals surface area contributed by atoms with Gasteiger partial charge in [0.25, 0.3) is 5.69 Å². The van der Waals surface area contributed by atoms with Crippen LogP contribution in [0.5, 0.6) is 0 Å². The fourth-order valence-electron chi connectivity index (χ4n) is 1.72. The lowest BCUT2D eigenvalue weighted by Gasteiger charge is -2.04. The molecule has 0 radical (unpaired) electrons. The minimum atomic E-state index is -0.423. The van der Waals surface area contributed by atoms with Gasteiger partial charge < -0.3 is 11.1 Å². The molecule has 1 aromatic carbocycles. The van der Waals surface area contributed by atoms with Crippen molar-refractivity contribution in [2.24, 2.45) is 10.7 Å². The highest BCUT2D eigenvalue weighted by atomic mass is 32.1. The van der Waals surface area contributed by atoms with Crippen LogP contribution in [-0.4, -0.2) is 17.4 Å². The van der Waals surface area contributed by atoms with Gasteiger partial charge >= 0.3 is 0 Å². The number of thiophene rings is 1. The third-order valence-electron chi connectivity index (χ3n) is 2.84. The summed E-state index contributed by atoms with van der Waals surface area (Å²) in [6, 6.07) is 10.4. The van der Waals surface area contributed by atoms with Crippen molar-refractivity contribution in [2.75, 3.05) is 6.54 Å². The Hall–Kier alpha value is -2.41. The average molecular weight is 304 g/mol. The minimum Gasteiger partial charge on any atom is -0.370 e. The zero-order valence-corrected chi connectivity index (χ0v) is 12.2. The lowest BCUT2D eigenvalue weighted by molar-refractivity contribution is -0.384. The fourth-order valence-corrected chi connectivity index (χ4v) is 2.43. The Balaban J connectivity index is 1.78. The lowest BCUT2D eigenvalue weighted by Crippen LogP contribution is -2.33.